The van der Waals surface area contributed by atoms with Gasteiger partial charge >= 0.3 is 0 Å². The van der Waals surface area contributed by atoms with Crippen molar-refractivity contribution in [2.45, 2.75) is 76.2 Å². The highest BCUT2D eigenvalue weighted by Crippen LogP contribution is 2.55. The fourth-order valence-electron chi connectivity index (χ4n) is 7.84. The van der Waals surface area contributed by atoms with E-state index < -0.39 is 29.6 Å². The maximum Gasteiger partial charge on any atom is 0.246 e. The lowest BCUT2D eigenvalue weighted by molar-refractivity contribution is -0.142. The highest BCUT2D eigenvalue weighted by atomic mass is 35.5. The number of carbonyl (C=O) groups is 3. The Morgan fingerprint density at radius 2 is 1.73 bits per heavy atom. The summed E-state index contributed by atoms with van der Waals surface area (Å²) in [4.78, 5) is 46.2. The Hall–Kier alpha value is -2.13. The predicted octanol–water partition coefficient (Wildman–Crippen LogP) is 4.51. The summed E-state index contributed by atoms with van der Waals surface area (Å²) in [6.45, 7) is 7.55. The lowest BCUT2D eigenvalue weighted by Crippen LogP contribution is -2.58. The quantitative estimate of drug-likeness (QED) is 0.448. The zero-order valence-electron chi connectivity index (χ0n) is 23.8. The number of likely N-dealkylation sites (tertiary alicyclic amines) is 2. The molecule has 1 spiro atoms. The van der Waals surface area contributed by atoms with Gasteiger partial charge in [0, 0.05) is 34.9 Å². The minimum Gasteiger partial charge on any atom is -0.359 e. The van der Waals surface area contributed by atoms with Crippen LogP contribution in [0.3, 0.4) is 0 Å². The summed E-state index contributed by atoms with van der Waals surface area (Å²) in [7, 11) is 0. The van der Waals surface area contributed by atoms with E-state index in [1.807, 2.05) is 12.2 Å². The van der Waals surface area contributed by atoms with E-state index in [0.29, 0.717) is 40.7 Å². The molecule has 41 heavy (non-hydrogen) atoms. The third-order valence-corrected chi connectivity index (χ3v) is 10.6. The summed E-state index contributed by atoms with van der Waals surface area (Å²) in [6.07, 6.45) is 9.79. The van der Waals surface area contributed by atoms with Gasteiger partial charge in [-0.1, -0.05) is 68.5 Å². The van der Waals surface area contributed by atoms with E-state index in [9.17, 15) is 14.4 Å². The van der Waals surface area contributed by atoms with E-state index in [2.05, 4.69) is 29.4 Å². The first-order valence-electron chi connectivity index (χ1n) is 15.2. The summed E-state index contributed by atoms with van der Waals surface area (Å²) >= 11 is 12.3. The second-order valence-electron chi connectivity index (χ2n) is 12.7. The first kappa shape index (κ1) is 29.0. The second kappa shape index (κ2) is 11.5. The number of hydrogen-bond donors (Lipinski definition) is 2. The van der Waals surface area contributed by atoms with E-state index in [-0.39, 0.29) is 23.8 Å². The average Bonchev–Trinajstić information content (AvgIpc) is 3.57. The summed E-state index contributed by atoms with van der Waals surface area (Å²) in [5.74, 6) is -1.40. The maximum absolute atomic E-state index is 14.2. The van der Waals surface area contributed by atoms with Gasteiger partial charge in [-0.3, -0.25) is 14.4 Å². The van der Waals surface area contributed by atoms with Gasteiger partial charge in [0.25, 0.3) is 0 Å². The molecule has 2 bridgehead atoms. The number of amides is 3. The van der Waals surface area contributed by atoms with Crippen LogP contribution in [0.4, 0.5) is 5.69 Å². The minimum absolute atomic E-state index is 0.0509. The SMILES string of the molecule is C[C@H]1[C@H](C)CCC[C@@H]1NC(=O)[C@@H]1N(CCN2CCCCC2)C(=O)[C@@H]2[C@@H](C(=O)Nc3cc(Cl)cc(Cl)c3)[C@@H]3C=C[C@]21O3. The van der Waals surface area contributed by atoms with Crippen molar-refractivity contribution in [2.75, 3.05) is 31.5 Å². The van der Waals surface area contributed by atoms with Crippen LogP contribution in [0.15, 0.2) is 30.4 Å². The molecule has 8 atom stereocenters. The molecule has 222 valence electrons. The van der Waals surface area contributed by atoms with Gasteiger partial charge in [-0.05, 0) is 62.4 Å². The smallest absolute Gasteiger partial charge is 0.246 e. The number of nitrogens with one attached hydrogen (secondary N) is 2. The monoisotopic (exact) mass is 602 g/mol. The van der Waals surface area contributed by atoms with Gasteiger partial charge in [-0.15, -0.1) is 0 Å². The van der Waals surface area contributed by atoms with E-state index in [0.717, 1.165) is 45.2 Å². The molecule has 10 heteroatoms. The molecule has 3 saturated heterocycles. The van der Waals surface area contributed by atoms with Gasteiger partial charge in [0.15, 0.2) is 0 Å². The normalized spacial score (nSPS) is 36.4. The maximum atomic E-state index is 14.2. The van der Waals surface area contributed by atoms with Crippen molar-refractivity contribution < 1.29 is 19.1 Å². The van der Waals surface area contributed by atoms with Crippen LogP contribution in [0, 0.1) is 23.7 Å². The number of ether oxygens (including phenoxy) is 1. The third-order valence-electron chi connectivity index (χ3n) is 10.2. The summed E-state index contributed by atoms with van der Waals surface area (Å²) < 4.78 is 6.51. The molecule has 0 aromatic heterocycles. The van der Waals surface area contributed by atoms with Gasteiger partial charge in [0.1, 0.15) is 11.6 Å². The minimum atomic E-state index is -1.18. The van der Waals surface area contributed by atoms with Crippen molar-refractivity contribution in [1.29, 1.82) is 0 Å². The number of anilines is 1. The van der Waals surface area contributed by atoms with E-state index in [4.69, 9.17) is 27.9 Å². The number of hydrogen-bond acceptors (Lipinski definition) is 5. The van der Waals surface area contributed by atoms with Crippen LogP contribution in [0.2, 0.25) is 10.0 Å². The Labute approximate surface area is 252 Å². The van der Waals surface area contributed by atoms with Crippen LogP contribution in [0.5, 0.6) is 0 Å². The average molecular weight is 604 g/mol. The molecule has 1 aliphatic carbocycles. The van der Waals surface area contributed by atoms with Crippen LogP contribution in [-0.2, 0) is 19.1 Å². The Morgan fingerprint density at radius 3 is 2.46 bits per heavy atom. The lowest BCUT2D eigenvalue weighted by Gasteiger charge is -2.38. The zero-order chi connectivity index (χ0) is 28.9. The molecule has 1 aromatic rings. The van der Waals surface area contributed by atoms with Gasteiger partial charge < -0.3 is 25.2 Å². The van der Waals surface area contributed by atoms with E-state index >= 15 is 0 Å². The number of piperidine rings is 1. The molecule has 4 heterocycles. The summed E-state index contributed by atoms with van der Waals surface area (Å²) in [6, 6.07) is 4.06. The molecule has 1 aromatic carbocycles. The molecular weight excluding hydrogens is 563 g/mol. The fourth-order valence-corrected chi connectivity index (χ4v) is 8.36. The second-order valence-corrected chi connectivity index (χ2v) is 13.5. The van der Waals surface area contributed by atoms with Gasteiger partial charge in [0.05, 0.1) is 17.9 Å². The van der Waals surface area contributed by atoms with Crippen LogP contribution in [-0.4, -0.2) is 77.5 Å². The highest BCUT2D eigenvalue weighted by molar-refractivity contribution is 6.35. The van der Waals surface area contributed by atoms with E-state index in [1.54, 1.807) is 23.1 Å². The molecule has 8 nitrogen and oxygen atoms in total. The van der Waals surface area contributed by atoms with Crippen molar-refractivity contribution in [3.05, 3.63) is 40.4 Å². The van der Waals surface area contributed by atoms with Crippen LogP contribution in [0.1, 0.15) is 52.4 Å². The van der Waals surface area contributed by atoms with Crippen LogP contribution < -0.4 is 10.6 Å². The Kier molecular flexibility index (Phi) is 8.13. The van der Waals surface area contributed by atoms with Crippen molar-refractivity contribution in [3.63, 3.8) is 0 Å². The zero-order valence-corrected chi connectivity index (χ0v) is 25.3. The number of rotatable bonds is 7. The summed E-state index contributed by atoms with van der Waals surface area (Å²) in [5, 5.41) is 7.02. The number of carbonyl (C=O) groups excluding carboxylic acids is 3. The number of fused-ring (bicyclic) bond motifs is 1. The fraction of sp³-hybridized carbons (Fsp3) is 0.645. The first-order valence-corrected chi connectivity index (χ1v) is 15.9. The highest BCUT2D eigenvalue weighted by Gasteiger charge is 2.72. The van der Waals surface area contributed by atoms with Crippen molar-refractivity contribution in [3.8, 4) is 0 Å². The Bertz CT molecular complexity index is 1220. The number of nitrogens with zero attached hydrogens (tertiary/aromatic N) is 2. The molecule has 3 amide bonds. The summed E-state index contributed by atoms with van der Waals surface area (Å²) in [5.41, 5.74) is -0.721. The molecule has 1 saturated carbocycles. The van der Waals surface area contributed by atoms with Crippen LogP contribution >= 0.6 is 23.2 Å². The molecule has 5 aliphatic rings. The molecular formula is C31H40Cl2N4O4. The molecule has 0 radical (unpaired) electrons. The van der Waals surface area contributed by atoms with Crippen molar-refractivity contribution in [2.24, 2.45) is 23.7 Å². The largest absolute Gasteiger partial charge is 0.359 e. The lowest BCUT2D eigenvalue weighted by atomic mass is 9.73. The molecule has 4 aliphatic heterocycles. The number of halogens is 2. The molecule has 2 N–H and O–H groups in total. The van der Waals surface area contributed by atoms with Crippen molar-refractivity contribution in [1.82, 2.24) is 15.1 Å². The molecule has 4 fully saturated rings. The topological polar surface area (TPSA) is 91.0 Å². The van der Waals surface area contributed by atoms with Crippen molar-refractivity contribution >= 4 is 46.6 Å². The third kappa shape index (κ3) is 5.30. The van der Waals surface area contributed by atoms with Gasteiger partial charge in [0.2, 0.25) is 17.7 Å². The predicted molar refractivity (Wildman–Crippen MR) is 159 cm³/mol. The Morgan fingerprint density at radius 1 is 1.00 bits per heavy atom. The number of benzene rings is 1. The van der Waals surface area contributed by atoms with Crippen LogP contribution in [0.25, 0.3) is 0 Å². The molecule has 0 unspecified atom stereocenters. The Balaban J connectivity index is 1.28. The van der Waals surface area contributed by atoms with Gasteiger partial charge in [-0.2, -0.15) is 0 Å². The molecule has 6 rings (SSSR count). The van der Waals surface area contributed by atoms with E-state index in [1.165, 1.54) is 6.42 Å². The first-order chi connectivity index (χ1) is 19.7. The standard InChI is InChI=1S/C31H40Cl2N4O4/c1-18-7-6-8-23(19(18)2)35-29(39)27-31-10-9-24(41-31)25(28(38)34-22-16-20(32)15-21(33)17-22)26(31)30(40)37(27)14-13-36-11-4-3-5-12-36/h9-10,15-19,23-27H,3-8,11-14H2,1-2H3,(H,34,38)(H,35,39)/t18-,19+,23+,24+,25+,26+,27+,31+/m1/s1. The van der Waals surface area contributed by atoms with Gasteiger partial charge in [-0.25, -0.2) is 0 Å².